The van der Waals surface area contributed by atoms with Crippen molar-refractivity contribution in [2.75, 3.05) is 31.1 Å². The van der Waals surface area contributed by atoms with Crippen molar-refractivity contribution >= 4 is 17.6 Å². The van der Waals surface area contributed by atoms with Crippen LogP contribution in [-0.2, 0) is 4.79 Å². The number of rotatable bonds is 3. The Morgan fingerprint density at radius 3 is 2.84 bits per heavy atom. The minimum Gasteiger partial charge on any atom is -0.365 e. The third kappa shape index (κ3) is 4.18. The van der Waals surface area contributed by atoms with Gasteiger partial charge in [-0.2, -0.15) is 0 Å². The Balaban J connectivity index is 1.67. The third-order valence-electron chi connectivity index (χ3n) is 5.06. The molecule has 6 heteroatoms. The molecule has 2 aliphatic rings. The van der Waals surface area contributed by atoms with Gasteiger partial charge >= 0.3 is 0 Å². The predicted octanol–water partition coefficient (Wildman–Crippen LogP) is 1.97. The lowest BCUT2D eigenvalue weighted by atomic mass is 10.1. The van der Waals surface area contributed by atoms with Crippen LogP contribution in [0.5, 0.6) is 0 Å². The topological polar surface area (TPSA) is 79.5 Å². The van der Waals surface area contributed by atoms with Crippen molar-refractivity contribution < 1.29 is 9.59 Å². The number of carbonyl (C=O) groups is 2. The number of carbonyl (C=O) groups excluding carboxylic acids is 2. The van der Waals surface area contributed by atoms with E-state index in [9.17, 15) is 9.59 Å². The van der Waals surface area contributed by atoms with Crippen molar-refractivity contribution in [3.05, 3.63) is 35.5 Å². The largest absolute Gasteiger partial charge is 0.365 e. The first-order valence-corrected chi connectivity index (χ1v) is 9.02. The van der Waals surface area contributed by atoms with Crippen LogP contribution in [0.15, 0.2) is 30.0 Å². The van der Waals surface area contributed by atoms with Gasteiger partial charge in [-0.05, 0) is 43.7 Å². The summed E-state index contributed by atoms with van der Waals surface area (Å²) in [6.45, 7) is 5.01. The molecule has 3 rings (SSSR count). The molecule has 6 nitrogen and oxygen atoms in total. The Kier molecular flexibility index (Phi) is 5.36. The molecule has 0 aromatic carbocycles. The average molecular weight is 342 g/mol. The van der Waals surface area contributed by atoms with Gasteiger partial charge in [0, 0.05) is 38.5 Å². The van der Waals surface area contributed by atoms with Crippen LogP contribution in [0, 0.1) is 5.92 Å². The van der Waals surface area contributed by atoms with E-state index in [1.54, 1.807) is 18.3 Å². The van der Waals surface area contributed by atoms with E-state index in [2.05, 4.69) is 16.8 Å². The van der Waals surface area contributed by atoms with Gasteiger partial charge in [0.25, 0.3) is 5.91 Å². The number of nitrogens with two attached hydrogens (primary N) is 1. The molecule has 1 atom stereocenters. The normalized spacial score (nSPS) is 22.9. The van der Waals surface area contributed by atoms with E-state index in [0.717, 1.165) is 32.4 Å². The minimum absolute atomic E-state index is 0.113. The highest BCUT2D eigenvalue weighted by Crippen LogP contribution is 2.29. The molecular weight excluding hydrogens is 316 g/mol. The summed E-state index contributed by atoms with van der Waals surface area (Å²) in [7, 11) is 0. The van der Waals surface area contributed by atoms with Crippen LogP contribution < -0.4 is 10.6 Å². The summed E-state index contributed by atoms with van der Waals surface area (Å²) in [5.41, 5.74) is 7.17. The van der Waals surface area contributed by atoms with E-state index >= 15 is 0 Å². The first-order valence-electron chi connectivity index (χ1n) is 9.02. The number of aromatic nitrogens is 1. The van der Waals surface area contributed by atoms with Gasteiger partial charge in [0.15, 0.2) is 0 Å². The zero-order valence-electron chi connectivity index (χ0n) is 14.8. The highest BCUT2D eigenvalue weighted by atomic mass is 16.2. The molecule has 1 saturated carbocycles. The van der Waals surface area contributed by atoms with E-state index < -0.39 is 5.91 Å². The zero-order chi connectivity index (χ0) is 17.8. The molecule has 134 valence electrons. The highest BCUT2D eigenvalue weighted by Gasteiger charge is 2.23. The second kappa shape index (κ2) is 7.68. The fourth-order valence-corrected chi connectivity index (χ4v) is 3.67. The van der Waals surface area contributed by atoms with Crippen molar-refractivity contribution in [1.82, 2.24) is 9.88 Å². The lowest BCUT2D eigenvalue weighted by molar-refractivity contribution is -0.125. The molecule has 2 fully saturated rings. The monoisotopic (exact) mass is 342 g/mol. The summed E-state index contributed by atoms with van der Waals surface area (Å²) < 4.78 is 0. The molecule has 1 unspecified atom stereocenters. The van der Waals surface area contributed by atoms with Gasteiger partial charge in [0.05, 0.1) is 5.56 Å². The second-order valence-electron chi connectivity index (χ2n) is 7.06. The van der Waals surface area contributed by atoms with Crippen LogP contribution >= 0.6 is 0 Å². The maximum atomic E-state index is 12.6. The third-order valence-corrected chi connectivity index (χ3v) is 5.06. The quantitative estimate of drug-likeness (QED) is 0.852. The van der Waals surface area contributed by atoms with Crippen LogP contribution in [0.1, 0.15) is 43.0 Å². The van der Waals surface area contributed by atoms with Gasteiger partial charge in [0.1, 0.15) is 5.82 Å². The first kappa shape index (κ1) is 17.5. The summed E-state index contributed by atoms with van der Waals surface area (Å²) in [5.74, 6) is 0.949. The number of primary amides is 1. The predicted molar refractivity (Wildman–Crippen MR) is 97.3 cm³/mol. The molecule has 1 aromatic rings. The van der Waals surface area contributed by atoms with Crippen molar-refractivity contribution in [3.63, 3.8) is 0 Å². The number of hydrogen-bond acceptors (Lipinski definition) is 4. The highest BCUT2D eigenvalue weighted by molar-refractivity contribution is 5.97. The molecular formula is C19H26N4O2. The van der Waals surface area contributed by atoms with Gasteiger partial charge < -0.3 is 15.5 Å². The molecule has 0 radical (unpaired) electrons. The molecule has 2 amide bonds. The summed E-state index contributed by atoms with van der Waals surface area (Å²) in [5, 5.41) is 0. The Morgan fingerprint density at radius 2 is 2.12 bits per heavy atom. The van der Waals surface area contributed by atoms with E-state index in [4.69, 9.17) is 5.73 Å². The van der Waals surface area contributed by atoms with Crippen molar-refractivity contribution in [1.29, 1.82) is 0 Å². The molecule has 0 bridgehead atoms. The van der Waals surface area contributed by atoms with E-state index in [-0.39, 0.29) is 5.91 Å². The lowest BCUT2D eigenvalue weighted by Gasteiger charge is -2.23. The zero-order valence-corrected chi connectivity index (χ0v) is 14.8. The molecule has 2 heterocycles. The maximum absolute atomic E-state index is 12.6. The van der Waals surface area contributed by atoms with Gasteiger partial charge in [-0.1, -0.05) is 12.5 Å². The minimum atomic E-state index is -0.472. The maximum Gasteiger partial charge on any atom is 0.252 e. The number of anilines is 1. The van der Waals surface area contributed by atoms with E-state index in [1.165, 1.54) is 12.0 Å². The summed E-state index contributed by atoms with van der Waals surface area (Å²) in [6.07, 6.45) is 7.63. The molecule has 2 N–H and O–H groups in total. The fraction of sp³-hybridized carbons (Fsp3) is 0.526. The van der Waals surface area contributed by atoms with Gasteiger partial charge in [-0.15, -0.1) is 0 Å². The van der Waals surface area contributed by atoms with Crippen LogP contribution in [0.25, 0.3) is 0 Å². The SMILES string of the molecule is CC1CC/C(=C\C(=O)N2CCCN(c3ncccc3C(N)=O)CC2)C1. The lowest BCUT2D eigenvalue weighted by Crippen LogP contribution is -2.35. The smallest absolute Gasteiger partial charge is 0.252 e. The Hall–Kier alpha value is -2.37. The van der Waals surface area contributed by atoms with E-state index in [0.29, 0.717) is 30.4 Å². The van der Waals surface area contributed by atoms with Gasteiger partial charge in [-0.3, -0.25) is 9.59 Å². The van der Waals surface area contributed by atoms with Gasteiger partial charge in [-0.25, -0.2) is 4.98 Å². The van der Waals surface area contributed by atoms with Crippen molar-refractivity contribution in [2.45, 2.75) is 32.6 Å². The standard InChI is InChI=1S/C19H26N4O2/c1-14-5-6-15(12-14)13-17(24)22-8-3-9-23(11-10-22)19-16(18(20)25)4-2-7-21-19/h2,4,7,13-14H,3,5-6,8-12H2,1H3,(H2,20,25)/b15-13+. The average Bonchev–Trinajstić information content (AvgIpc) is 2.86. The Morgan fingerprint density at radius 1 is 1.28 bits per heavy atom. The summed E-state index contributed by atoms with van der Waals surface area (Å²) in [6, 6.07) is 3.41. The second-order valence-corrected chi connectivity index (χ2v) is 7.06. The summed E-state index contributed by atoms with van der Waals surface area (Å²) >= 11 is 0. The van der Waals surface area contributed by atoms with E-state index in [1.807, 2.05) is 11.0 Å². The molecule has 0 spiro atoms. The summed E-state index contributed by atoms with van der Waals surface area (Å²) in [4.78, 5) is 32.5. The van der Waals surface area contributed by atoms with Crippen molar-refractivity contribution in [3.8, 4) is 0 Å². The molecule has 1 saturated heterocycles. The number of amides is 2. The van der Waals surface area contributed by atoms with Gasteiger partial charge in [0.2, 0.25) is 5.91 Å². The Bertz CT molecular complexity index is 686. The molecule has 1 aromatic heterocycles. The molecule has 1 aliphatic carbocycles. The number of nitrogens with zero attached hydrogens (tertiary/aromatic N) is 3. The van der Waals surface area contributed by atoms with Crippen LogP contribution in [0.4, 0.5) is 5.82 Å². The molecule has 25 heavy (non-hydrogen) atoms. The fourth-order valence-electron chi connectivity index (χ4n) is 3.67. The van der Waals surface area contributed by atoms with Crippen LogP contribution in [-0.4, -0.2) is 47.9 Å². The van der Waals surface area contributed by atoms with Crippen LogP contribution in [0.3, 0.4) is 0 Å². The number of allylic oxidation sites excluding steroid dienone is 1. The molecule has 1 aliphatic heterocycles. The number of pyridine rings is 1. The van der Waals surface area contributed by atoms with Crippen molar-refractivity contribution in [2.24, 2.45) is 11.7 Å². The Labute approximate surface area is 148 Å². The number of hydrogen-bond donors (Lipinski definition) is 1. The van der Waals surface area contributed by atoms with Crippen LogP contribution in [0.2, 0.25) is 0 Å². The first-order chi connectivity index (χ1) is 12.0.